The zero-order chi connectivity index (χ0) is 18.1. The first-order chi connectivity index (χ1) is 12.7. The van der Waals surface area contributed by atoms with E-state index in [0.29, 0.717) is 37.7 Å². The molecule has 4 rings (SSSR count). The Bertz CT molecular complexity index is 902. The van der Waals surface area contributed by atoms with E-state index < -0.39 is 0 Å². The van der Waals surface area contributed by atoms with Crippen LogP contribution in [0.2, 0.25) is 0 Å². The summed E-state index contributed by atoms with van der Waals surface area (Å²) >= 11 is 0. The molecule has 1 aromatic heterocycles. The average Bonchev–Trinajstić information content (AvgIpc) is 2.67. The lowest BCUT2D eigenvalue weighted by Crippen LogP contribution is -2.49. The molecule has 2 atom stereocenters. The summed E-state index contributed by atoms with van der Waals surface area (Å²) in [6.07, 6.45) is 2.82. The van der Waals surface area contributed by atoms with Gasteiger partial charge in [-0.3, -0.25) is 9.59 Å². The van der Waals surface area contributed by atoms with Gasteiger partial charge in [0.2, 0.25) is 0 Å². The van der Waals surface area contributed by atoms with Gasteiger partial charge in [0.1, 0.15) is 0 Å². The van der Waals surface area contributed by atoms with Gasteiger partial charge in [0.15, 0.2) is 0 Å². The van der Waals surface area contributed by atoms with Crippen molar-refractivity contribution in [3.05, 3.63) is 76.7 Å². The van der Waals surface area contributed by atoms with Crippen LogP contribution in [0.15, 0.2) is 59.9 Å². The van der Waals surface area contributed by atoms with Gasteiger partial charge in [-0.05, 0) is 30.5 Å². The maximum atomic E-state index is 13.2. The summed E-state index contributed by atoms with van der Waals surface area (Å²) < 4.78 is 1.89. The van der Waals surface area contributed by atoms with Crippen LogP contribution in [0.5, 0.6) is 0 Å². The predicted molar refractivity (Wildman–Crippen MR) is 103 cm³/mol. The molecule has 2 aliphatic rings. The Hall–Kier alpha value is -2.82. The molecule has 0 aliphatic carbocycles. The normalized spacial score (nSPS) is 21.0. The number of carbonyl (C=O) groups excluding carboxylic acids is 1. The molecule has 0 radical (unpaired) electrons. The number of benzene rings is 1. The first-order valence-electron chi connectivity index (χ1n) is 9.10. The van der Waals surface area contributed by atoms with Crippen molar-refractivity contribution in [3.8, 4) is 0 Å². The van der Waals surface area contributed by atoms with Crippen LogP contribution < -0.4 is 10.9 Å². The Morgan fingerprint density at radius 3 is 2.85 bits per heavy atom. The molecule has 0 saturated carbocycles. The van der Waals surface area contributed by atoms with E-state index in [1.807, 2.05) is 45.9 Å². The van der Waals surface area contributed by atoms with E-state index in [2.05, 4.69) is 11.9 Å². The molecule has 134 valence electrons. The highest BCUT2D eigenvalue weighted by Gasteiger charge is 2.36. The first kappa shape index (κ1) is 16.6. The zero-order valence-electron chi connectivity index (χ0n) is 14.7. The van der Waals surface area contributed by atoms with E-state index in [4.69, 9.17) is 0 Å². The summed E-state index contributed by atoms with van der Waals surface area (Å²) in [6.45, 7) is 6.40. The molecule has 1 saturated heterocycles. The van der Waals surface area contributed by atoms with Crippen LogP contribution in [-0.4, -0.2) is 35.0 Å². The Morgan fingerprint density at radius 2 is 2.00 bits per heavy atom. The number of para-hydroxylation sites is 1. The van der Waals surface area contributed by atoms with Crippen LogP contribution in [0.4, 0.5) is 5.69 Å². The second-order valence-electron chi connectivity index (χ2n) is 7.12. The predicted octanol–water partition coefficient (Wildman–Crippen LogP) is 2.71. The van der Waals surface area contributed by atoms with Crippen molar-refractivity contribution in [3.63, 3.8) is 0 Å². The van der Waals surface area contributed by atoms with Gasteiger partial charge >= 0.3 is 0 Å². The van der Waals surface area contributed by atoms with Gasteiger partial charge in [-0.1, -0.05) is 24.3 Å². The van der Waals surface area contributed by atoms with Crippen LogP contribution in [-0.2, 0) is 6.54 Å². The molecule has 0 spiro atoms. The lowest BCUT2D eigenvalue weighted by molar-refractivity contribution is 0.0595. The molecule has 1 N–H and O–H groups in total. The Morgan fingerprint density at radius 1 is 1.15 bits per heavy atom. The van der Waals surface area contributed by atoms with Crippen molar-refractivity contribution in [1.29, 1.82) is 0 Å². The number of pyridine rings is 1. The van der Waals surface area contributed by atoms with Gasteiger partial charge in [0, 0.05) is 49.5 Å². The third-order valence-electron chi connectivity index (χ3n) is 5.36. The quantitative estimate of drug-likeness (QED) is 0.864. The second-order valence-corrected chi connectivity index (χ2v) is 7.12. The van der Waals surface area contributed by atoms with E-state index in [-0.39, 0.29) is 17.4 Å². The largest absolute Gasteiger partial charge is 0.381 e. The van der Waals surface area contributed by atoms with Crippen molar-refractivity contribution in [2.24, 2.45) is 5.92 Å². The summed E-state index contributed by atoms with van der Waals surface area (Å²) in [5, 5.41) is 3.25. The highest BCUT2D eigenvalue weighted by molar-refractivity contribution is 5.99. The molecule has 1 fully saturated rings. The van der Waals surface area contributed by atoms with Crippen molar-refractivity contribution >= 4 is 11.6 Å². The number of hydrogen-bond donors (Lipinski definition) is 1. The van der Waals surface area contributed by atoms with Crippen LogP contribution >= 0.6 is 0 Å². The zero-order valence-corrected chi connectivity index (χ0v) is 14.7. The number of nitrogens with zero attached hydrogens (tertiary/aromatic N) is 2. The summed E-state index contributed by atoms with van der Waals surface area (Å²) in [7, 11) is 0. The van der Waals surface area contributed by atoms with E-state index in [1.54, 1.807) is 12.1 Å². The molecule has 5 heteroatoms. The number of amides is 1. The molecule has 1 aromatic carbocycles. The Balaban J connectivity index is 1.60. The van der Waals surface area contributed by atoms with Crippen LogP contribution in [0.25, 0.3) is 0 Å². The van der Waals surface area contributed by atoms with Crippen molar-refractivity contribution in [1.82, 2.24) is 9.47 Å². The highest BCUT2D eigenvalue weighted by Crippen LogP contribution is 2.35. The number of anilines is 1. The van der Waals surface area contributed by atoms with Gasteiger partial charge in [0.25, 0.3) is 11.5 Å². The van der Waals surface area contributed by atoms with Crippen LogP contribution in [0.3, 0.4) is 0 Å². The number of fused-ring (bicyclic) bond motifs is 4. The van der Waals surface area contributed by atoms with Crippen molar-refractivity contribution < 1.29 is 4.79 Å². The molecule has 2 aliphatic heterocycles. The van der Waals surface area contributed by atoms with Gasteiger partial charge in [-0.15, -0.1) is 6.58 Å². The van der Waals surface area contributed by atoms with Crippen molar-refractivity contribution in [2.45, 2.75) is 18.9 Å². The van der Waals surface area contributed by atoms with E-state index in [9.17, 15) is 9.59 Å². The number of nitrogens with one attached hydrogen (secondary N) is 1. The molecule has 3 heterocycles. The number of piperidine rings is 1. The number of rotatable bonds is 4. The third-order valence-corrected chi connectivity index (χ3v) is 5.36. The maximum Gasteiger partial charge on any atom is 0.255 e. The molecule has 2 bridgehead atoms. The molecular formula is C21H23N3O2. The van der Waals surface area contributed by atoms with Gasteiger partial charge in [0.05, 0.1) is 5.56 Å². The number of carbonyl (C=O) groups is 1. The number of hydrogen-bond acceptors (Lipinski definition) is 3. The monoisotopic (exact) mass is 349 g/mol. The standard InChI is InChI=1S/C21H23N3O2/c1-2-10-22-18-7-4-3-6-17(18)21(26)23-12-15-11-16(14-23)19-8-5-9-20(25)24(19)13-15/h2-9,15-16,22H,1,10-14H2/t15-,16-/m0/s1. The minimum absolute atomic E-state index is 0.0543. The minimum Gasteiger partial charge on any atom is -0.381 e. The SMILES string of the molecule is C=CCNc1ccccc1C(=O)N1C[C@@H]2C[C@@H](C1)c1cccc(=O)n1C2. The minimum atomic E-state index is 0.0543. The highest BCUT2D eigenvalue weighted by atomic mass is 16.2. The average molecular weight is 349 g/mol. The lowest BCUT2D eigenvalue weighted by atomic mass is 9.83. The molecule has 5 nitrogen and oxygen atoms in total. The number of likely N-dealkylation sites (tertiary alicyclic amines) is 1. The Labute approximate surface area is 152 Å². The Kier molecular flexibility index (Phi) is 4.37. The van der Waals surface area contributed by atoms with Crippen LogP contribution in [0, 0.1) is 5.92 Å². The summed E-state index contributed by atoms with van der Waals surface area (Å²) in [5.41, 5.74) is 2.66. The summed E-state index contributed by atoms with van der Waals surface area (Å²) in [4.78, 5) is 27.3. The van der Waals surface area contributed by atoms with Gasteiger partial charge in [-0.25, -0.2) is 0 Å². The van der Waals surface area contributed by atoms with E-state index in [1.165, 1.54) is 0 Å². The van der Waals surface area contributed by atoms with E-state index in [0.717, 1.165) is 17.8 Å². The molecular weight excluding hydrogens is 326 g/mol. The van der Waals surface area contributed by atoms with Crippen LogP contribution in [0.1, 0.15) is 28.4 Å². The topological polar surface area (TPSA) is 54.3 Å². The fourth-order valence-corrected chi connectivity index (χ4v) is 4.24. The molecule has 26 heavy (non-hydrogen) atoms. The fraction of sp³-hybridized carbons (Fsp3) is 0.333. The molecule has 2 aromatic rings. The van der Waals surface area contributed by atoms with Gasteiger partial charge in [-0.2, -0.15) is 0 Å². The smallest absolute Gasteiger partial charge is 0.255 e. The lowest BCUT2D eigenvalue weighted by Gasteiger charge is -2.42. The number of aromatic nitrogens is 1. The van der Waals surface area contributed by atoms with Gasteiger partial charge < -0.3 is 14.8 Å². The second kappa shape index (κ2) is 6.83. The third kappa shape index (κ3) is 2.94. The van der Waals surface area contributed by atoms with E-state index >= 15 is 0 Å². The molecule has 0 unspecified atom stereocenters. The first-order valence-corrected chi connectivity index (χ1v) is 9.10. The summed E-state index contributed by atoms with van der Waals surface area (Å²) in [6, 6.07) is 13.1. The maximum absolute atomic E-state index is 13.2. The molecule has 1 amide bonds. The summed E-state index contributed by atoms with van der Waals surface area (Å²) in [5.74, 6) is 0.617. The fourth-order valence-electron chi connectivity index (χ4n) is 4.24. The van der Waals surface area contributed by atoms with Crippen molar-refractivity contribution in [2.75, 3.05) is 25.0 Å².